The molecule has 0 fully saturated rings. The second-order valence-corrected chi connectivity index (χ2v) is 4.34. The van der Waals surface area contributed by atoms with Gasteiger partial charge in [0.05, 0.1) is 12.7 Å². The number of hydrogen-bond acceptors (Lipinski definition) is 1. The molecule has 0 spiro atoms. The van der Waals surface area contributed by atoms with Crippen molar-refractivity contribution in [3.8, 4) is 16.9 Å². The van der Waals surface area contributed by atoms with Crippen LogP contribution in [0.1, 0.15) is 17.6 Å². The molecule has 0 atom stereocenters. The standard InChI is InChI=1S/C15H11F5O/c1-21-13-8-10(14(16)17)5-6-12(13)9-3-2-4-11(7-9)15(18,19)20/h2-8,14H,1H3. The van der Waals surface area contributed by atoms with E-state index >= 15 is 0 Å². The van der Waals surface area contributed by atoms with Crippen molar-refractivity contribution >= 4 is 0 Å². The van der Waals surface area contributed by atoms with E-state index in [0.29, 0.717) is 5.56 Å². The van der Waals surface area contributed by atoms with Gasteiger partial charge in [0, 0.05) is 11.1 Å². The first kappa shape index (κ1) is 15.3. The van der Waals surface area contributed by atoms with Gasteiger partial charge in [-0.15, -0.1) is 0 Å². The Hall–Kier alpha value is -2.11. The number of methoxy groups -OCH3 is 1. The molecule has 0 saturated heterocycles. The Bertz CT molecular complexity index is 634. The number of ether oxygens (including phenoxy) is 1. The SMILES string of the molecule is COc1cc(C(F)F)ccc1-c1cccc(C(F)(F)F)c1. The van der Waals surface area contributed by atoms with Gasteiger partial charge in [-0.1, -0.05) is 24.3 Å². The third-order valence-corrected chi connectivity index (χ3v) is 2.98. The number of alkyl halides is 5. The quantitative estimate of drug-likeness (QED) is 0.697. The summed E-state index contributed by atoms with van der Waals surface area (Å²) in [6.45, 7) is 0. The molecule has 0 aliphatic rings. The second-order valence-electron chi connectivity index (χ2n) is 4.34. The maximum Gasteiger partial charge on any atom is 0.416 e. The van der Waals surface area contributed by atoms with E-state index in [9.17, 15) is 22.0 Å². The molecule has 0 N–H and O–H groups in total. The fraction of sp³-hybridized carbons (Fsp3) is 0.200. The zero-order valence-electron chi connectivity index (χ0n) is 10.9. The topological polar surface area (TPSA) is 9.23 Å². The van der Waals surface area contributed by atoms with Crippen LogP contribution < -0.4 is 4.74 Å². The lowest BCUT2D eigenvalue weighted by molar-refractivity contribution is -0.137. The third kappa shape index (κ3) is 3.32. The van der Waals surface area contributed by atoms with Crippen LogP contribution in [-0.4, -0.2) is 7.11 Å². The summed E-state index contributed by atoms with van der Waals surface area (Å²) >= 11 is 0. The summed E-state index contributed by atoms with van der Waals surface area (Å²) in [5, 5.41) is 0. The summed E-state index contributed by atoms with van der Waals surface area (Å²) in [4.78, 5) is 0. The molecule has 0 aromatic heterocycles. The highest BCUT2D eigenvalue weighted by Gasteiger charge is 2.30. The van der Waals surface area contributed by atoms with E-state index in [-0.39, 0.29) is 16.9 Å². The molecule has 112 valence electrons. The van der Waals surface area contributed by atoms with Crippen molar-refractivity contribution in [3.05, 3.63) is 53.6 Å². The lowest BCUT2D eigenvalue weighted by Crippen LogP contribution is -2.04. The van der Waals surface area contributed by atoms with Gasteiger partial charge in [-0.25, -0.2) is 8.78 Å². The van der Waals surface area contributed by atoms with Crippen LogP contribution in [0, 0.1) is 0 Å². The Kier molecular flexibility index (Phi) is 4.16. The van der Waals surface area contributed by atoms with Crippen LogP contribution in [0.2, 0.25) is 0 Å². The molecule has 0 radical (unpaired) electrons. The average Bonchev–Trinajstić information content (AvgIpc) is 2.45. The Morgan fingerprint density at radius 1 is 1.00 bits per heavy atom. The van der Waals surface area contributed by atoms with Crippen molar-refractivity contribution in [2.45, 2.75) is 12.6 Å². The van der Waals surface area contributed by atoms with Crippen LogP contribution >= 0.6 is 0 Å². The lowest BCUT2D eigenvalue weighted by Gasteiger charge is -2.13. The molecule has 21 heavy (non-hydrogen) atoms. The molecule has 6 heteroatoms. The van der Waals surface area contributed by atoms with E-state index in [2.05, 4.69) is 0 Å². The molecule has 0 aliphatic heterocycles. The van der Waals surface area contributed by atoms with Gasteiger partial charge in [0.15, 0.2) is 0 Å². The van der Waals surface area contributed by atoms with E-state index in [1.807, 2.05) is 0 Å². The number of hydrogen-bond donors (Lipinski definition) is 0. The van der Waals surface area contributed by atoms with Crippen molar-refractivity contribution in [2.24, 2.45) is 0 Å². The van der Waals surface area contributed by atoms with Gasteiger partial charge in [-0.2, -0.15) is 13.2 Å². The first-order valence-corrected chi connectivity index (χ1v) is 5.96. The van der Waals surface area contributed by atoms with Gasteiger partial charge >= 0.3 is 6.18 Å². The lowest BCUT2D eigenvalue weighted by atomic mass is 10.0. The molecule has 2 rings (SSSR count). The molecule has 0 bridgehead atoms. The minimum Gasteiger partial charge on any atom is -0.496 e. The fourth-order valence-corrected chi connectivity index (χ4v) is 1.95. The van der Waals surface area contributed by atoms with Crippen molar-refractivity contribution in [1.82, 2.24) is 0 Å². The number of benzene rings is 2. The predicted octanol–water partition coefficient (Wildman–Crippen LogP) is 5.32. The molecule has 0 saturated carbocycles. The normalized spacial score (nSPS) is 11.8. The predicted molar refractivity (Wildman–Crippen MR) is 68.4 cm³/mol. The Morgan fingerprint density at radius 3 is 2.29 bits per heavy atom. The van der Waals surface area contributed by atoms with Crippen LogP contribution in [-0.2, 0) is 6.18 Å². The molecular weight excluding hydrogens is 291 g/mol. The second kappa shape index (κ2) is 5.71. The van der Waals surface area contributed by atoms with Gasteiger partial charge in [-0.05, 0) is 23.8 Å². The van der Waals surface area contributed by atoms with Crippen molar-refractivity contribution in [3.63, 3.8) is 0 Å². The van der Waals surface area contributed by atoms with E-state index in [1.54, 1.807) is 0 Å². The molecular formula is C15H11F5O. The highest BCUT2D eigenvalue weighted by atomic mass is 19.4. The summed E-state index contributed by atoms with van der Waals surface area (Å²) in [7, 11) is 1.28. The molecule has 2 aromatic carbocycles. The van der Waals surface area contributed by atoms with Crippen LogP contribution in [0.15, 0.2) is 42.5 Å². The molecule has 0 heterocycles. The van der Waals surface area contributed by atoms with E-state index in [0.717, 1.165) is 18.2 Å². The molecule has 1 nitrogen and oxygen atoms in total. The minimum absolute atomic E-state index is 0.104. The number of rotatable bonds is 3. The van der Waals surface area contributed by atoms with E-state index in [4.69, 9.17) is 4.74 Å². The molecule has 0 amide bonds. The smallest absolute Gasteiger partial charge is 0.416 e. The van der Waals surface area contributed by atoms with Crippen LogP contribution in [0.5, 0.6) is 5.75 Å². The summed E-state index contributed by atoms with van der Waals surface area (Å²) in [5.74, 6) is 0.104. The van der Waals surface area contributed by atoms with Crippen molar-refractivity contribution < 1.29 is 26.7 Å². The Morgan fingerprint density at radius 2 is 1.71 bits per heavy atom. The van der Waals surface area contributed by atoms with Gasteiger partial charge in [0.2, 0.25) is 0 Å². The molecule has 2 aromatic rings. The highest BCUT2D eigenvalue weighted by molar-refractivity contribution is 5.71. The zero-order chi connectivity index (χ0) is 15.6. The zero-order valence-corrected chi connectivity index (χ0v) is 10.9. The van der Waals surface area contributed by atoms with Crippen LogP contribution in [0.3, 0.4) is 0 Å². The average molecular weight is 302 g/mol. The summed E-state index contributed by atoms with van der Waals surface area (Å²) in [5.41, 5.74) is -0.474. The first-order valence-electron chi connectivity index (χ1n) is 5.96. The summed E-state index contributed by atoms with van der Waals surface area (Å²) in [6, 6.07) is 8.26. The monoisotopic (exact) mass is 302 g/mol. The summed E-state index contributed by atoms with van der Waals surface area (Å²) in [6.07, 6.45) is -7.14. The third-order valence-electron chi connectivity index (χ3n) is 2.98. The summed E-state index contributed by atoms with van der Waals surface area (Å²) < 4.78 is 68.4. The van der Waals surface area contributed by atoms with Gasteiger partial charge in [-0.3, -0.25) is 0 Å². The van der Waals surface area contributed by atoms with Crippen molar-refractivity contribution in [1.29, 1.82) is 0 Å². The first-order chi connectivity index (χ1) is 9.82. The largest absolute Gasteiger partial charge is 0.496 e. The van der Waals surface area contributed by atoms with Crippen LogP contribution in [0.4, 0.5) is 22.0 Å². The molecule has 0 unspecified atom stereocenters. The van der Waals surface area contributed by atoms with Crippen molar-refractivity contribution in [2.75, 3.05) is 7.11 Å². The number of halogens is 5. The Balaban J connectivity index is 2.51. The maximum absolute atomic E-state index is 12.7. The minimum atomic E-state index is -4.47. The van der Waals surface area contributed by atoms with E-state index < -0.39 is 18.2 Å². The van der Waals surface area contributed by atoms with E-state index in [1.165, 1.54) is 31.4 Å². The van der Waals surface area contributed by atoms with Gasteiger partial charge < -0.3 is 4.74 Å². The highest BCUT2D eigenvalue weighted by Crippen LogP contribution is 2.36. The van der Waals surface area contributed by atoms with Gasteiger partial charge in [0.1, 0.15) is 5.75 Å². The Labute approximate surface area is 118 Å². The molecule has 0 aliphatic carbocycles. The van der Waals surface area contributed by atoms with Crippen LogP contribution in [0.25, 0.3) is 11.1 Å². The fourth-order valence-electron chi connectivity index (χ4n) is 1.95. The van der Waals surface area contributed by atoms with Gasteiger partial charge in [0.25, 0.3) is 6.43 Å². The maximum atomic E-state index is 12.7.